The van der Waals surface area contributed by atoms with Crippen molar-refractivity contribution >= 4 is 0 Å². The van der Waals surface area contributed by atoms with Gasteiger partial charge in [0.05, 0.1) is 0 Å². The summed E-state index contributed by atoms with van der Waals surface area (Å²) in [5.41, 5.74) is 1.21. The highest BCUT2D eigenvalue weighted by Gasteiger charge is 2.19. The topological polar surface area (TPSA) is 21.3 Å². The van der Waals surface area contributed by atoms with E-state index in [1.54, 1.807) is 0 Å². The third-order valence-corrected chi connectivity index (χ3v) is 3.43. The van der Waals surface area contributed by atoms with E-state index in [1.165, 1.54) is 12.0 Å². The smallest absolute Gasteiger partial charge is 0.120 e. The fourth-order valence-electron chi connectivity index (χ4n) is 2.02. The van der Waals surface area contributed by atoms with E-state index in [1.807, 2.05) is 0 Å². The van der Waals surface area contributed by atoms with Crippen LogP contribution < -0.4 is 10.1 Å². The van der Waals surface area contributed by atoms with Crippen LogP contribution in [0.15, 0.2) is 24.3 Å². The fraction of sp³-hybridized carbons (Fsp3) is 0.647. The summed E-state index contributed by atoms with van der Waals surface area (Å²) < 4.78 is 6.05. The van der Waals surface area contributed by atoms with Crippen LogP contribution in [-0.4, -0.2) is 18.7 Å². The van der Waals surface area contributed by atoms with E-state index in [0.717, 1.165) is 25.3 Å². The van der Waals surface area contributed by atoms with Gasteiger partial charge in [-0.2, -0.15) is 0 Å². The number of benzene rings is 1. The zero-order valence-corrected chi connectivity index (χ0v) is 13.1. The summed E-state index contributed by atoms with van der Waals surface area (Å²) in [5.74, 6) is 1.57. The summed E-state index contributed by atoms with van der Waals surface area (Å²) in [5, 5.41) is 3.41. The van der Waals surface area contributed by atoms with Crippen LogP contribution >= 0.6 is 0 Å². The molecular formula is C17H29NO. The van der Waals surface area contributed by atoms with E-state index in [-0.39, 0.29) is 5.60 Å². The monoisotopic (exact) mass is 263 g/mol. The van der Waals surface area contributed by atoms with Gasteiger partial charge in [0, 0.05) is 6.54 Å². The Balaban J connectivity index is 2.56. The minimum absolute atomic E-state index is 0.174. The molecule has 1 atom stereocenters. The molecule has 0 saturated carbocycles. The molecule has 0 spiro atoms. The molecule has 19 heavy (non-hydrogen) atoms. The SMILES string of the molecule is CCCNCC(C)(C)Oc1ccc(C(C)CC)cc1. The second-order valence-electron chi connectivity index (χ2n) is 5.92. The van der Waals surface area contributed by atoms with Crippen molar-refractivity contribution < 1.29 is 4.74 Å². The Hall–Kier alpha value is -1.02. The minimum atomic E-state index is -0.174. The van der Waals surface area contributed by atoms with Crippen molar-refractivity contribution in [3.8, 4) is 5.75 Å². The molecule has 0 bridgehead atoms. The molecular weight excluding hydrogens is 234 g/mol. The van der Waals surface area contributed by atoms with Crippen LogP contribution in [0.1, 0.15) is 58.9 Å². The summed E-state index contributed by atoms with van der Waals surface area (Å²) in [7, 11) is 0. The first kappa shape index (κ1) is 16.0. The van der Waals surface area contributed by atoms with E-state index < -0.39 is 0 Å². The highest BCUT2D eigenvalue weighted by atomic mass is 16.5. The average molecular weight is 263 g/mol. The van der Waals surface area contributed by atoms with Crippen molar-refractivity contribution in [3.63, 3.8) is 0 Å². The van der Waals surface area contributed by atoms with Crippen LogP contribution in [-0.2, 0) is 0 Å². The Morgan fingerprint density at radius 1 is 1.16 bits per heavy atom. The van der Waals surface area contributed by atoms with Crippen molar-refractivity contribution in [2.45, 2.75) is 59.0 Å². The molecule has 1 N–H and O–H groups in total. The van der Waals surface area contributed by atoms with Crippen LogP contribution in [0.4, 0.5) is 0 Å². The van der Waals surface area contributed by atoms with Gasteiger partial charge >= 0.3 is 0 Å². The summed E-state index contributed by atoms with van der Waals surface area (Å²) in [4.78, 5) is 0. The molecule has 0 aliphatic carbocycles. The minimum Gasteiger partial charge on any atom is -0.487 e. The fourth-order valence-corrected chi connectivity index (χ4v) is 2.02. The zero-order chi connectivity index (χ0) is 14.3. The Labute approximate surface area is 118 Å². The van der Waals surface area contributed by atoms with E-state index >= 15 is 0 Å². The molecule has 1 rings (SSSR count). The van der Waals surface area contributed by atoms with Gasteiger partial charge in [0.1, 0.15) is 11.4 Å². The van der Waals surface area contributed by atoms with Gasteiger partial charge in [-0.05, 0) is 56.8 Å². The van der Waals surface area contributed by atoms with E-state index in [9.17, 15) is 0 Å². The van der Waals surface area contributed by atoms with Gasteiger partial charge in [0.2, 0.25) is 0 Å². The van der Waals surface area contributed by atoms with E-state index in [0.29, 0.717) is 5.92 Å². The molecule has 1 aromatic rings. The molecule has 1 aromatic carbocycles. The normalized spacial score (nSPS) is 13.3. The standard InChI is InChI=1S/C17H29NO/c1-6-12-18-13-17(4,5)19-16-10-8-15(9-11-16)14(3)7-2/h8-11,14,18H,6-7,12-13H2,1-5H3. The predicted molar refractivity (Wildman–Crippen MR) is 83.0 cm³/mol. The van der Waals surface area contributed by atoms with Gasteiger partial charge < -0.3 is 10.1 Å². The van der Waals surface area contributed by atoms with Gasteiger partial charge in [-0.15, -0.1) is 0 Å². The largest absolute Gasteiger partial charge is 0.487 e. The average Bonchev–Trinajstić information content (AvgIpc) is 2.38. The lowest BCUT2D eigenvalue weighted by molar-refractivity contribution is 0.108. The molecule has 0 radical (unpaired) electrons. The molecule has 0 aromatic heterocycles. The second-order valence-corrected chi connectivity index (χ2v) is 5.92. The molecule has 0 aliphatic rings. The van der Waals surface area contributed by atoms with Gasteiger partial charge in [-0.25, -0.2) is 0 Å². The number of hydrogen-bond donors (Lipinski definition) is 1. The zero-order valence-electron chi connectivity index (χ0n) is 13.1. The van der Waals surface area contributed by atoms with Crippen molar-refractivity contribution in [3.05, 3.63) is 29.8 Å². The van der Waals surface area contributed by atoms with Crippen LogP contribution in [0.3, 0.4) is 0 Å². The van der Waals surface area contributed by atoms with Crippen molar-refractivity contribution in [2.24, 2.45) is 0 Å². The lowest BCUT2D eigenvalue weighted by Gasteiger charge is -2.27. The van der Waals surface area contributed by atoms with E-state index in [2.05, 4.69) is 64.2 Å². The highest BCUT2D eigenvalue weighted by Crippen LogP contribution is 2.23. The van der Waals surface area contributed by atoms with Crippen molar-refractivity contribution in [2.75, 3.05) is 13.1 Å². The molecule has 0 amide bonds. The van der Waals surface area contributed by atoms with Crippen LogP contribution in [0.25, 0.3) is 0 Å². The molecule has 2 nitrogen and oxygen atoms in total. The maximum absolute atomic E-state index is 6.05. The first-order valence-electron chi connectivity index (χ1n) is 7.48. The Bertz CT molecular complexity index is 356. The third kappa shape index (κ3) is 5.65. The van der Waals surface area contributed by atoms with Gasteiger partial charge in [0.15, 0.2) is 0 Å². The molecule has 0 heterocycles. The number of hydrogen-bond acceptors (Lipinski definition) is 2. The third-order valence-electron chi connectivity index (χ3n) is 3.43. The maximum atomic E-state index is 6.05. The number of ether oxygens (including phenoxy) is 1. The molecule has 0 fully saturated rings. The Morgan fingerprint density at radius 3 is 2.32 bits per heavy atom. The maximum Gasteiger partial charge on any atom is 0.120 e. The second kappa shape index (κ2) is 7.54. The summed E-state index contributed by atoms with van der Waals surface area (Å²) in [6.45, 7) is 12.8. The summed E-state index contributed by atoms with van der Waals surface area (Å²) in [6, 6.07) is 8.53. The van der Waals surface area contributed by atoms with Crippen LogP contribution in [0.2, 0.25) is 0 Å². The molecule has 108 valence electrons. The van der Waals surface area contributed by atoms with Gasteiger partial charge in [0.25, 0.3) is 0 Å². The van der Waals surface area contributed by atoms with Crippen molar-refractivity contribution in [1.82, 2.24) is 5.32 Å². The lowest BCUT2D eigenvalue weighted by Crippen LogP contribution is -2.40. The van der Waals surface area contributed by atoms with Crippen LogP contribution in [0, 0.1) is 0 Å². The number of nitrogens with one attached hydrogen (secondary N) is 1. The Kier molecular flexibility index (Phi) is 6.36. The lowest BCUT2D eigenvalue weighted by atomic mass is 9.99. The molecule has 1 unspecified atom stereocenters. The highest BCUT2D eigenvalue weighted by molar-refractivity contribution is 5.29. The summed E-state index contributed by atoms with van der Waals surface area (Å²) >= 11 is 0. The molecule has 0 aliphatic heterocycles. The van der Waals surface area contributed by atoms with Gasteiger partial charge in [-0.1, -0.05) is 32.9 Å². The molecule has 0 saturated heterocycles. The summed E-state index contributed by atoms with van der Waals surface area (Å²) in [6.07, 6.45) is 2.33. The molecule has 2 heteroatoms. The van der Waals surface area contributed by atoms with Crippen LogP contribution in [0.5, 0.6) is 5.75 Å². The predicted octanol–water partition coefficient (Wildman–Crippen LogP) is 4.36. The van der Waals surface area contributed by atoms with E-state index in [4.69, 9.17) is 4.74 Å². The number of rotatable bonds is 8. The van der Waals surface area contributed by atoms with Gasteiger partial charge in [-0.3, -0.25) is 0 Å². The van der Waals surface area contributed by atoms with Crippen molar-refractivity contribution in [1.29, 1.82) is 0 Å². The Morgan fingerprint density at radius 2 is 1.79 bits per heavy atom. The first-order valence-corrected chi connectivity index (χ1v) is 7.48. The first-order chi connectivity index (χ1) is 8.98. The quantitative estimate of drug-likeness (QED) is 0.704.